The molecule has 0 spiro atoms. The van der Waals surface area contributed by atoms with Crippen LogP contribution >= 0.6 is 0 Å². The normalized spacial score (nSPS) is 12.2. The van der Waals surface area contributed by atoms with Crippen molar-refractivity contribution in [1.29, 1.82) is 0 Å². The number of benzene rings is 3. The molecule has 0 fully saturated rings. The SMILES string of the molecule is Cc1ccc(S(=O)(=O)CN(CCc2ccccc2)CS(=O)(=O)c2ccc(C)cc2)cc1. The van der Waals surface area contributed by atoms with Gasteiger partial charge >= 0.3 is 0 Å². The average Bonchev–Trinajstić information content (AvgIpc) is 2.73. The third-order valence-electron chi connectivity index (χ3n) is 5.02. The standard InChI is InChI=1S/C24H27NO4S2/c1-20-8-12-23(13-9-20)30(26,27)18-25(17-16-22-6-4-3-5-7-22)19-31(28,29)24-14-10-21(2)11-15-24/h3-15H,16-19H2,1-2H3. The van der Waals surface area contributed by atoms with Gasteiger partial charge in [-0.25, -0.2) is 16.8 Å². The zero-order chi connectivity index (χ0) is 22.5. The Balaban J connectivity index is 1.84. The number of sulfone groups is 2. The van der Waals surface area contributed by atoms with Crippen molar-refractivity contribution in [2.75, 3.05) is 18.3 Å². The van der Waals surface area contributed by atoms with Crippen molar-refractivity contribution in [3.05, 3.63) is 95.6 Å². The second kappa shape index (κ2) is 9.77. The van der Waals surface area contributed by atoms with E-state index >= 15 is 0 Å². The van der Waals surface area contributed by atoms with Gasteiger partial charge in [0, 0.05) is 6.54 Å². The van der Waals surface area contributed by atoms with Gasteiger partial charge in [0.2, 0.25) is 0 Å². The maximum atomic E-state index is 13.0. The Morgan fingerprint density at radius 1 is 0.613 bits per heavy atom. The third-order valence-corrected chi connectivity index (χ3v) is 8.42. The van der Waals surface area contributed by atoms with Crippen molar-refractivity contribution in [3.63, 3.8) is 0 Å². The molecule has 0 amide bonds. The van der Waals surface area contributed by atoms with Crippen LogP contribution in [0, 0.1) is 13.8 Å². The molecule has 0 bridgehead atoms. The topological polar surface area (TPSA) is 71.5 Å². The minimum atomic E-state index is -3.68. The first-order valence-electron chi connectivity index (χ1n) is 10.0. The van der Waals surface area contributed by atoms with Gasteiger partial charge in [-0.05, 0) is 50.1 Å². The van der Waals surface area contributed by atoms with Crippen LogP contribution in [0.4, 0.5) is 0 Å². The van der Waals surface area contributed by atoms with Crippen molar-refractivity contribution in [1.82, 2.24) is 4.90 Å². The van der Waals surface area contributed by atoms with Gasteiger partial charge in [0.05, 0.1) is 9.79 Å². The fraction of sp³-hybridized carbons (Fsp3) is 0.250. The lowest BCUT2D eigenvalue weighted by Crippen LogP contribution is -2.36. The molecule has 0 aliphatic carbocycles. The van der Waals surface area contributed by atoms with Crippen molar-refractivity contribution < 1.29 is 16.8 Å². The fourth-order valence-corrected chi connectivity index (χ4v) is 6.14. The Bertz CT molecular complexity index is 1130. The quantitative estimate of drug-likeness (QED) is 0.485. The molecule has 3 aromatic carbocycles. The molecule has 0 aliphatic heterocycles. The summed E-state index contributed by atoms with van der Waals surface area (Å²) in [5.74, 6) is -0.734. The fourth-order valence-electron chi connectivity index (χ4n) is 3.22. The molecule has 0 N–H and O–H groups in total. The van der Waals surface area contributed by atoms with E-state index in [2.05, 4.69) is 0 Å². The largest absolute Gasteiger partial charge is 0.275 e. The first-order chi connectivity index (χ1) is 14.7. The molecular weight excluding hydrogens is 430 g/mol. The Morgan fingerprint density at radius 3 is 1.45 bits per heavy atom. The highest BCUT2D eigenvalue weighted by atomic mass is 32.2. The molecular formula is C24H27NO4S2. The van der Waals surface area contributed by atoms with Crippen LogP contribution in [0.3, 0.4) is 0 Å². The van der Waals surface area contributed by atoms with Gasteiger partial charge in [-0.1, -0.05) is 65.7 Å². The maximum absolute atomic E-state index is 13.0. The molecule has 7 heteroatoms. The summed E-state index contributed by atoms with van der Waals surface area (Å²) in [5, 5.41) is 0. The molecule has 0 aromatic heterocycles. The molecule has 0 atom stereocenters. The Kier molecular flexibility index (Phi) is 7.30. The molecule has 0 radical (unpaired) electrons. The minimum absolute atomic E-state index is 0.190. The Hall–Kier alpha value is -2.48. The van der Waals surface area contributed by atoms with Gasteiger partial charge in [-0.3, -0.25) is 4.90 Å². The monoisotopic (exact) mass is 457 g/mol. The van der Waals surface area contributed by atoms with Crippen LogP contribution in [-0.4, -0.2) is 40.0 Å². The number of hydrogen-bond acceptors (Lipinski definition) is 5. The highest BCUT2D eigenvalue weighted by Crippen LogP contribution is 2.18. The van der Waals surface area contributed by atoms with Crippen molar-refractivity contribution in [2.24, 2.45) is 0 Å². The predicted octanol–water partition coefficient (Wildman–Crippen LogP) is 4.01. The summed E-state index contributed by atoms with van der Waals surface area (Å²) in [6, 6.07) is 22.8. The highest BCUT2D eigenvalue weighted by Gasteiger charge is 2.25. The van der Waals surface area contributed by atoms with Crippen LogP contribution in [0.5, 0.6) is 0 Å². The van der Waals surface area contributed by atoms with E-state index in [0.29, 0.717) is 13.0 Å². The van der Waals surface area contributed by atoms with Crippen LogP contribution in [0.15, 0.2) is 88.7 Å². The van der Waals surface area contributed by atoms with E-state index in [0.717, 1.165) is 16.7 Å². The molecule has 0 aliphatic rings. The van der Waals surface area contributed by atoms with Crippen LogP contribution in [0.25, 0.3) is 0 Å². The lowest BCUT2D eigenvalue weighted by atomic mass is 10.1. The van der Waals surface area contributed by atoms with Gasteiger partial charge in [0.1, 0.15) is 11.8 Å². The summed E-state index contributed by atoms with van der Waals surface area (Å²) in [6.45, 7) is 4.08. The summed E-state index contributed by atoms with van der Waals surface area (Å²) in [6.07, 6.45) is 0.549. The summed E-state index contributed by atoms with van der Waals surface area (Å²) < 4.78 is 52.0. The number of aryl methyl sites for hydroxylation is 2. The lowest BCUT2D eigenvalue weighted by molar-refractivity contribution is 0.361. The van der Waals surface area contributed by atoms with E-state index in [1.165, 1.54) is 4.90 Å². The second-order valence-electron chi connectivity index (χ2n) is 7.74. The summed E-state index contributed by atoms with van der Waals surface area (Å²) in [4.78, 5) is 1.88. The van der Waals surface area contributed by atoms with Gasteiger partial charge in [0.25, 0.3) is 0 Å². The summed E-state index contributed by atoms with van der Waals surface area (Å²) in [7, 11) is -7.36. The molecule has 0 saturated carbocycles. The van der Waals surface area contributed by atoms with Crippen molar-refractivity contribution in [2.45, 2.75) is 30.1 Å². The van der Waals surface area contributed by atoms with Crippen molar-refractivity contribution >= 4 is 19.7 Å². The number of nitrogens with zero attached hydrogens (tertiary/aromatic N) is 1. The lowest BCUT2D eigenvalue weighted by Gasteiger charge is -2.22. The number of rotatable bonds is 9. The first kappa shape index (κ1) is 23.2. The predicted molar refractivity (Wildman–Crippen MR) is 123 cm³/mol. The summed E-state index contributed by atoms with van der Waals surface area (Å²) >= 11 is 0. The molecule has 164 valence electrons. The van der Waals surface area contributed by atoms with E-state index < -0.39 is 19.7 Å². The molecule has 3 rings (SSSR count). The maximum Gasteiger partial charge on any atom is 0.191 e. The zero-order valence-electron chi connectivity index (χ0n) is 17.7. The molecule has 31 heavy (non-hydrogen) atoms. The molecule has 3 aromatic rings. The van der Waals surface area contributed by atoms with E-state index in [4.69, 9.17) is 0 Å². The van der Waals surface area contributed by atoms with Crippen LogP contribution in [0.2, 0.25) is 0 Å². The van der Waals surface area contributed by atoms with E-state index in [-0.39, 0.29) is 21.5 Å². The zero-order valence-corrected chi connectivity index (χ0v) is 19.4. The Labute approximate surface area is 185 Å². The van der Waals surface area contributed by atoms with Gasteiger partial charge < -0.3 is 0 Å². The average molecular weight is 458 g/mol. The molecule has 5 nitrogen and oxygen atoms in total. The molecule has 0 unspecified atom stereocenters. The van der Waals surface area contributed by atoms with E-state index in [9.17, 15) is 16.8 Å². The van der Waals surface area contributed by atoms with Crippen LogP contribution in [0.1, 0.15) is 16.7 Å². The van der Waals surface area contributed by atoms with Crippen LogP contribution in [-0.2, 0) is 26.1 Å². The van der Waals surface area contributed by atoms with E-state index in [1.54, 1.807) is 48.5 Å². The van der Waals surface area contributed by atoms with Gasteiger partial charge in [-0.15, -0.1) is 0 Å². The molecule has 0 saturated heterocycles. The minimum Gasteiger partial charge on any atom is -0.275 e. The Morgan fingerprint density at radius 2 is 1.03 bits per heavy atom. The van der Waals surface area contributed by atoms with Crippen LogP contribution < -0.4 is 0 Å². The highest BCUT2D eigenvalue weighted by molar-refractivity contribution is 7.92. The van der Waals surface area contributed by atoms with Gasteiger partial charge in [-0.2, -0.15) is 0 Å². The van der Waals surface area contributed by atoms with Crippen molar-refractivity contribution in [3.8, 4) is 0 Å². The van der Waals surface area contributed by atoms with E-state index in [1.807, 2.05) is 44.2 Å². The smallest absolute Gasteiger partial charge is 0.191 e. The van der Waals surface area contributed by atoms with Gasteiger partial charge in [0.15, 0.2) is 19.7 Å². The third kappa shape index (κ3) is 6.50. The second-order valence-corrected chi connectivity index (χ2v) is 11.7. The molecule has 0 heterocycles. The first-order valence-corrected chi connectivity index (χ1v) is 13.3. The summed E-state index contributed by atoms with van der Waals surface area (Å²) in [5.41, 5.74) is 2.94. The number of hydrogen-bond donors (Lipinski definition) is 0.